The second-order valence-corrected chi connectivity index (χ2v) is 8.12. The van der Waals surface area contributed by atoms with Crippen molar-refractivity contribution in [1.82, 2.24) is 20.5 Å². The van der Waals surface area contributed by atoms with Crippen LogP contribution in [0.3, 0.4) is 0 Å². The van der Waals surface area contributed by atoms with E-state index in [0.29, 0.717) is 29.8 Å². The lowest BCUT2D eigenvalue weighted by molar-refractivity contribution is -0.120. The number of hydrogen-bond acceptors (Lipinski definition) is 6. The number of nitrogens with one attached hydrogen (secondary N) is 2. The molecular formula is C20H24N6O2S. The minimum absolute atomic E-state index is 0.0712. The molecule has 8 nitrogen and oxygen atoms in total. The van der Waals surface area contributed by atoms with Gasteiger partial charge in [0.2, 0.25) is 22.1 Å². The van der Waals surface area contributed by atoms with Gasteiger partial charge in [0.15, 0.2) is 0 Å². The van der Waals surface area contributed by atoms with Crippen molar-refractivity contribution in [3.8, 4) is 0 Å². The highest BCUT2D eigenvalue weighted by Gasteiger charge is 2.24. The van der Waals surface area contributed by atoms with E-state index in [0.717, 1.165) is 24.8 Å². The quantitative estimate of drug-likeness (QED) is 0.621. The molecule has 1 aliphatic rings. The van der Waals surface area contributed by atoms with E-state index in [2.05, 4.69) is 26.6 Å². The molecule has 1 fully saturated rings. The first-order chi connectivity index (χ1) is 14.1. The van der Waals surface area contributed by atoms with Crippen LogP contribution in [-0.2, 0) is 16.0 Å². The van der Waals surface area contributed by atoms with Crippen molar-refractivity contribution in [2.45, 2.75) is 25.7 Å². The van der Waals surface area contributed by atoms with Gasteiger partial charge in [0.05, 0.1) is 6.54 Å². The van der Waals surface area contributed by atoms with Crippen LogP contribution in [-0.4, -0.2) is 53.7 Å². The number of carbonyl (C=O) groups excluding carboxylic acids is 2. The molecule has 2 N–H and O–H groups in total. The minimum Gasteiger partial charge on any atom is -0.361 e. The van der Waals surface area contributed by atoms with Gasteiger partial charge in [0, 0.05) is 43.7 Å². The molecule has 4 rings (SSSR count). The van der Waals surface area contributed by atoms with Crippen LogP contribution in [0.25, 0.3) is 10.9 Å². The summed E-state index contributed by atoms with van der Waals surface area (Å²) in [6.07, 6.45) is 5.23. The molecule has 0 atom stereocenters. The van der Waals surface area contributed by atoms with Gasteiger partial charge in [-0.15, -0.1) is 10.2 Å². The Morgan fingerprint density at radius 2 is 2.17 bits per heavy atom. The lowest BCUT2D eigenvalue weighted by Gasteiger charge is -2.23. The Balaban J connectivity index is 1.28. The van der Waals surface area contributed by atoms with Gasteiger partial charge in [-0.05, 0) is 30.9 Å². The number of nitrogens with zero attached hydrogens (tertiary/aromatic N) is 4. The van der Waals surface area contributed by atoms with E-state index in [1.165, 1.54) is 22.3 Å². The van der Waals surface area contributed by atoms with Gasteiger partial charge < -0.3 is 15.2 Å². The molecule has 0 unspecified atom stereocenters. The maximum atomic E-state index is 12.3. The number of rotatable bonds is 7. The Morgan fingerprint density at radius 1 is 1.31 bits per heavy atom. The van der Waals surface area contributed by atoms with Crippen molar-refractivity contribution in [1.29, 1.82) is 0 Å². The highest BCUT2D eigenvalue weighted by atomic mass is 32.1. The number of piperidine rings is 1. The third-order valence-corrected chi connectivity index (χ3v) is 6.12. The van der Waals surface area contributed by atoms with Gasteiger partial charge in [-0.1, -0.05) is 29.5 Å². The molecule has 0 aliphatic carbocycles. The molecule has 0 bridgehead atoms. The van der Waals surface area contributed by atoms with Gasteiger partial charge in [-0.3, -0.25) is 14.5 Å². The summed E-state index contributed by atoms with van der Waals surface area (Å²) >= 11 is 1.34. The Kier molecular flexibility index (Phi) is 5.75. The summed E-state index contributed by atoms with van der Waals surface area (Å²) in [5, 5.41) is 13.7. The summed E-state index contributed by atoms with van der Waals surface area (Å²) in [7, 11) is 1.81. The maximum absolute atomic E-state index is 12.3. The third-order valence-electron chi connectivity index (χ3n) is 5.06. The molecule has 1 aliphatic heterocycles. The number of hydrogen-bond donors (Lipinski definition) is 2. The van der Waals surface area contributed by atoms with Gasteiger partial charge in [0.1, 0.15) is 0 Å². The number of carbonyl (C=O) groups is 2. The molecule has 1 aromatic carbocycles. The minimum atomic E-state index is -0.0712. The number of para-hydroxylation sites is 1. The monoisotopic (exact) mass is 412 g/mol. The zero-order valence-electron chi connectivity index (χ0n) is 16.4. The van der Waals surface area contributed by atoms with E-state index in [4.69, 9.17) is 0 Å². The summed E-state index contributed by atoms with van der Waals surface area (Å²) < 4.78 is 0. The van der Waals surface area contributed by atoms with Crippen molar-refractivity contribution in [3.05, 3.63) is 36.0 Å². The highest BCUT2D eigenvalue weighted by Crippen LogP contribution is 2.28. The molecule has 29 heavy (non-hydrogen) atoms. The first kappa shape index (κ1) is 19.4. The number of aromatic nitrogens is 3. The van der Waals surface area contributed by atoms with Crippen LogP contribution in [0, 0.1) is 0 Å². The number of aromatic amines is 1. The van der Waals surface area contributed by atoms with Gasteiger partial charge in [-0.25, -0.2) is 0 Å². The fraction of sp³-hybridized carbons (Fsp3) is 0.400. The second-order valence-electron chi connectivity index (χ2n) is 7.19. The van der Waals surface area contributed by atoms with Crippen molar-refractivity contribution < 1.29 is 9.59 Å². The smallest absolute Gasteiger partial charge is 0.239 e. The van der Waals surface area contributed by atoms with Crippen LogP contribution in [0.4, 0.5) is 10.3 Å². The number of amides is 2. The average Bonchev–Trinajstić information content (AvgIpc) is 3.36. The molecule has 2 amide bonds. The molecule has 152 valence electrons. The molecule has 3 heterocycles. The van der Waals surface area contributed by atoms with E-state index >= 15 is 0 Å². The molecule has 3 aromatic rings. The molecule has 0 saturated carbocycles. The van der Waals surface area contributed by atoms with Crippen LogP contribution in [0.15, 0.2) is 30.5 Å². The standard InChI is InChI=1S/C20H24N6O2S/c1-25(19-23-24-20(29-19)26-11-5-4-8-18(26)28)13-17(27)21-10-9-14-12-22-16-7-3-2-6-15(14)16/h2-3,6-7,12,22H,4-5,8-11,13H2,1H3,(H,21,27). The highest BCUT2D eigenvalue weighted by molar-refractivity contribution is 7.19. The Bertz CT molecular complexity index is 1010. The van der Waals surface area contributed by atoms with E-state index in [-0.39, 0.29) is 18.4 Å². The average molecular weight is 413 g/mol. The molecule has 1 saturated heterocycles. The Hall–Kier alpha value is -2.94. The van der Waals surface area contributed by atoms with Crippen LogP contribution < -0.4 is 15.1 Å². The van der Waals surface area contributed by atoms with Crippen molar-refractivity contribution >= 4 is 44.3 Å². The predicted molar refractivity (Wildman–Crippen MR) is 114 cm³/mol. The van der Waals surface area contributed by atoms with Gasteiger partial charge in [0.25, 0.3) is 0 Å². The largest absolute Gasteiger partial charge is 0.361 e. The molecule has 9 heteroatoms. The first-order valence-electron chi connectivity index (χ1n) is 9.78. The van der Waals surface area contributed by atoms with E-state index in [1.54, 1.807) is 9.80 Å². The maximum Gasteiger partial charge on any atom is 0.239 e. The zero-order valence-corrected chi connectivity index (χ0v) is 17.2. The second kappa shape index (κ2) is 8.60. The number of anilines is 2. The van der Waals surface area contributed by atoms with E-state index in [1.807, 2.05) is 31.4 Å². The topological polar surface area (TPSA) is 94.2 Å². The summed E-state index contributed by atoms with van der Waals surface area (Å²) in [6, 6.07) is 8.14. The lowest BCUT2D eigenvalue weighted by atomic mass is 10.1. The predicted octanol–water partition coefficient (Wildman–Crippen LogP) is 2.33. The Labute approximate surface area is 172 Å². The fourth-order valence-corrected chi connectivity index (χ4v) is 4.34. The van der Waals surface area contributed by atoms with Crippen LogP contribution >= 0.6 is 11.3 Å². The first-order valence-corrected chi connectivity index (χ1v) is 10.6. The summed E-state index contributed by atoms with van der Waals surface area (Å²) in [4.78, 5) is 31.0. The summed E-state index contributed by atoms with van der Waals surface area (Å²) in [5.74, 6) is 0.0229. The molecule has 0 spiro atoms. The van der Waals surface area contributed by atoms with Crippen LogP contribution in [0.2, 0.25) is 0 Å². The van der Waals surface area contributed by atoms with Crippen LogP contribution in [0.5, 0.6) is 0 Å². The number of fused-ring (bicyclic) bond motifs is 1. The summed E-state index contributed by atoms with van der Waals surface area (Å²) in [5.41, 5.74) is 2.29. The molecule has 2 aromatic heterocycles. The number of H-pyrrole nitrogens is 1. The lowest BCUT2D eigenvalue weighted by Crippen LogP contribution is -2.36. The number of likely N-dealkylation sites (N-methyl/N-ethyl adjacent to an activating group) is 1. The molecular weight excluding hydrogens is 388 g/mol. The number of benzene rings is 1. The van der Waals surface area contributed by atoms with Gasteiger partial charge >= 0.3 is 0 Å². The fourth-order valence-electron chi connectivity index (χ4n) is 3.49. The van der Waals surface area contributed by atoms with Crippen LogP contribution in [0.1, 0.15) is 24.8 Å². The molecule has 0 radical (unpaired) electrons. The van der Waals surface area contributed by atoms with E-state index < -0.39 is 0 Å². The van der Waals surface area contributed by atoms with Crippen molar-refractivity contribution in [2.24, 2.45) is 0 Å². The van der Waals surface area contributed by atoms with Crippen molar-refractivity contribution in [2.75, 3.05) is 36.5 Å². The summed E-state index contributed by atoms with van der Waals surface area (Å²) in [6.45, 7) is 1.44. The van der Waals surface area contributed by atoms with Gasteiger partial charge in [-0.2, -0.15) is 0 Å². The SMILES string of the molecule is CN(CC(=O)NCCc1c[nH]c2ccccc12)c1nnc(N2CCCCC2=O)s1. The van der Waals surface area contributed by atoms with Crippen molar-refractivity contribution in [3.63, 3.8) is 0 Å². The Morgan fingerprint density at radius 3 is 3.03 bits per heavy atom. The van der Waals surface area contributed by atoms with E-state index in [9.17, 15) is 9.59 Å². The third kappa shape index (κ3) is 4.40. The normalized spacial score (nSPS) is 14.4. The zero-order chi connectivity index (χ0) is 20.2.